The zero-order valence-electron chi connectivity index (χ0n) is 13.0. The molecule has 1 unspecified atom stereocenters. The Labute approximate surface area is 135 Å². The Balaban J connectivity index is 1.56. The van der Waals surface area contributed by atoms with E-state index >= 15 is 0 Å². The lowest BCUT2D eigenvalue weighted by Crippen LogP contribution is -2.46. The van der Waals surface area contributed by atoms with Crippen molar-refractivity contribution in [3.8, 4) is 0 Å². The molecule has 3 rings (SSSR count). The molecule has 1 saturated heterocycles. The summed E-state index contributed by atoms with van der Waals surface area (Å²) in [5.41, 5.74) is 1.92. The first kappa shape index (κ1) is 15.6. The molecular formula is C17H21N5O. The number of aromatic nitrogens is 2. The third-order valence-corrected chi connectivity index (χ3v) is 3.99. The van der Waals surface area contributed by atoms with Gasteiger partial charge in [-0.2, -0.15) is 0 Å². The van der Waals surface area contributed by atoms with Gasteiger partial charge < -0.3 is 10.6 Å². The van der Waals surface area contributed by atoms with Crippen molar-refractivity contribution in [2.45, 2.75) is 12.5 Å². The fourth-order valence-corrected chi connectivity index (χ4v) is 2.82. The minimum atomic E-state index is 0.0152. The Morgan fingerprint density at radius 1 is 1.26 bits per heavy atom. The van der Waals surface area contributed by atoms with Gasteiger partial charge in [-0.25, -0.2) is 0 Å². The molecule has 1 amide bonds. The van der Waals surface area contributed by atoms with E-state index in [1.165, 1.54) is 5.56 Å². The van der Waals surface area contributed by atoms with E-state index in [1.54, 1.807) is 18.6 Å². The zero-order valence-corrected chi connectivity index (χ0v) is 13.0. The van der Waals surface area contributed by atoms with Gasteiger partial charge in [0.25, 0.3) is 0 Å². The molecule has 1 atom stereocenters. The minimum Gasteiger partial charge on any atom is -0.325 e. The van der Waals surface area contributed by atoms with Crippen LogP contribution in [-0.2, 0) is 4.79 Å². The Hall–Kier alpha value is -2.31. The monoisotopic (exact) mass is 311 g/mol. The summed E-state index contributed by atoms with van der Waals surface area (Å²) in [6.07, 6.45) is 7.49. The third-order valence-electron chi connectivity index (χ3n) is 3.99. The van der Waals surface area contributed by atoms with Crippen LogP contribution in [0.3, 0.4) is 0 Å². The van der Waals surface area contributed by atoms with Gasteiger partial charge in [-0.15, -0.1) is 0 Å². The quantitative estimate of drug-likeness (QED) is 0.874. The van der Waals surface area contributed by atoms with Gasteiger partial charge in [0.05, 0.1) is 11.9 Å². The number of carbonyl (C=O) groups is 1. The summed E-state index contributed by atoms with van der Waals surface area (Å²) in [6.45, 7) is 3.49. The predicted octanol–water partition coefficient (Wildman–Crippen LogP) is 1.45. The fraction of sp³-hybridized carbons (Fsp3) is 0.353. The van der Waals surface area contributed by atoms with E-state index < -0.39 is 0 Å². The molecule has 6 heteroatoms. The van der Waals surface area contributed by atoms with Gasteiger partial charge in [-0.3, -0.25) is 19.7 Å². The molecule has 0 saturated carbocycles. The van der Waals surface area contributed by atoms with Crippen LogP contribution in [0.1, 0.15) is 18.0 Å². The lowest BCUT2D eigenvalue weighted by atomic mass is 10.1. The number of nitrogens with one attached hydrogen (secondary N) is 2. The van der Waals surface area contributed by atoms with Crippen molar-refractivity contribution in [1.82, 2.24) is 20.2 Å². The molecule has 2 N–H and O–H groups in total. The zero-order chi connectivity index (χ0) is 15.9. The van der Waals surface area contributed by atoms with Crippen LogP contribution in [0.5, 0.6) is 0 Å². The maximum atomic E-state index is 12.1. The van der Waals surface area contributed by atoms with Crippen molar-refractivity contribution < 1.29 is 4.79 Å². The number of anilines is 1. The topological polar surface area (TPSA) is 70.2 Å². The van der Waals surface area contributed by atoms with E-state index in [-0.39, 0.29) is 11.9 Å². The molecule has 0 aliphatic carbocycles. The van der Waals surface area contributed by atoms with Crippen molar-refractivity contribution >= 4 is 11.6 Å². The van der Waals surface area contributed by atoms with Crippen LogP contribution in [0.25, 0.3) is 0 Å². The highest BCUT2D eigenvalue weighted by molar-refractivity contribution is 5.90. The van der Waals surface area contributed by atoms with Gasteiger partial charge in [0.15, 0.2) is 0 Å². The number of amides is 1. The van der Waals surface area contributed by atoms with Crippen molar-refractivity contribution in [2.24, 2.45) is 0 Å². The SMILES string of the molecule is O=C(CCN1CCNCC1c1cccnc1)Nc1cccnc1. The summed E-state index contributed by atoms with van der Waals surface area (Å²) in [5.74, 6) is 0.0152. The first-order chi connectivity index (χ1) is 11.3. The van der Waals surface area contributed by atoms with E-state index in [0.29, 0.717) is 6.42 Å². The highest BCUT2D eigenvalue weighted by Gasteiger charge is 2.24. The maximum absolute atomic E-state index is 12.1. The van der Waals surface area contributed by atoms with Crippen molar-refractivity contribution in [3.05, 3.63) is 54.6 Å². The number of pyridine rings is 2. The van der Waals surface area contributed by atoms with Crippen molar-refractivity contribution in [3.63, 3.8) is 0 Å². The number of hydrogen-bond acceptors (Lipinski definition) is 5. The largest absolute Gasteiger partial charge is 0.325 e. The van der Waals surface area contributed by atoms with E-state index in [2.05, 4.69) is 31.6 Å². The molecule has 3 heterocycles. The first-order valence-electron chi connectivity index (χ1n) is 7.87. The summed E-state index contributed by atoms with van der Waals surface area (Å²) in [7, 11) is 0. The molecule has 0 spiro atoms. The number of hydrogen-bond donors (Lipinski definition) is 2. The standard InChI is InChI=1S/C17H21N5O/c23-17(21-15-4-2-7-19-12-15)5-9-22-10-8-20-13-16(22)14-3-1-6-18-11-14/h1-4,6-7,11-12,16,20H,5,8-10,13H2,(H,21,23). The second kappa shape index (κ2) is 7.80. The fourth-order valence-electron chi connectivity index (χ4n) is 2.82. The molecule has 2 aromatic rings. The van der Waals surface area contributed by atoms with Crippen LogP contribution >= 0.6 is 0 Å². The van der Waals surface area contributed by atoms with Gasteiger partial charge in [-0.1, -0.05) is 6.07 Å². The van der Waals surface area contributed by atoms with Gasteiger partial charge in [0.2, 0.25) is 5.91 Å². The molecule has 1 aliphatic heterocycles. The average Bonchev–Trinajstić information content (AvgIpc) is 2.62. The number of piperazine rings is 1. The number of rotatable bonds is 5. The summed E-state index contributed by atoms with van der Waals surface area (Å²) >= 11 is 0. The van der Waals surface area contributed by atoms with Crippen LogP contribution in [0.4, 0.5) is 5.69 Å². The molecule has 2 aromatic heterocycles. The normalized spacial score (nSPS) is 18.5. The number of carbonyl (C=O) groups excluding carboxylic acids is 1. The average molecular weight is 311 g/mol. The van der Waals surface area contributed by atoms with Crippen LogP contribution in [0.2, 0.25) is 0 Å². The van der Waals surface area contributed by atoms with Crippen molar-refractivity contribution in [2.75, 3.05) is 31.5 Å². The van der Waals surface area contributed by atoms with E-state index in [1.807, 2.05) is 24.4 Å². The first-order valence-corrected chi connectivity index (χ1v) is 7.87. The molecular weight excluding hydrogens is 290 g/mol. The van der Waals surface area contributed by atoms with Gasteiger partial charge >= 0.3 is 0 Å². The lowest BCUT2D eigenvalue weighted by molar-refractivity contribution is -0.116. The van der Waals surface area contributed by atoms with E-state index in [9.17, 15) is 4.79 Å². The second-order valence-electron chi connectivity index (χ2n) is 5.58. The Bertz CT molecular complexity index is 619. The van der Waals surface area contributed by atoms with Crippen LogP contribution < -0.4 is 10.6 Å². The molecule has 23 heavy (non-hydrogen) atoms. The molecule has 1 fully saturated rings. The molecule has 0 bridgehead atoms. The van der Waals surface area contributed by atoms with Gasteiger partial charge in [0.1, 0.15) is 0 Å². The molecule has 6 nitrogen and oxygen atoms in total. The van der Waals surface area contributed by atoms with E-state index in [4.69, 9.17) is 0 Å². The highest BCUT2D eigenvalue weighted by Crippen LogP contribution is 2.21. The molecule has 120 valence electrons. The lowest BCUT2D eigenvalue weighted by Gasteiger charge is -2.36. The summed E-state index contributed by atoms with van der Waals surface area (Å²) in [6, 6.07) is 7.96. The Morgan fingerprint density at radius 2 is 2.09 bits per heavy atom. The Kier molecular flexibility index (Phi) is 5.29. The smallest absolute Gasteiger partial charge is 0.225 e. The summed E-state index contributed by atoms with van der Waals surface area (Å²) < 4.78 is 0. The van der Waals surface area contributed by atoms with Crippen LogP contribution in [0.15, 0.2) is 49.1 Å². The Morgan fingerprint density at radius 3 is 2.83 bits per heavy atom. The molecule has 0 aromatic carbocycles. The minimum absolute atomic E-state index is 0.0152. The van der Waals surface area contributed by atoms with E-state index in [0.717, 1.165) is 31.9 Å². The van der Waals surface area contributed by atoms with Gasteiger partial charge in [-0.05, 0) is 23.8 Å². The van der Waals surface area contributed by atoms with Crippen LogP contribution in [-0.4, -0.2) is 47.0 Å². The van der Waals surface area contributed by atoms with Crippen molar-refractivity contribution in [1.29, 1.82) is 0 Å². The number of nitrogens with zero attached hydrogens (tertiary/aromatic N) is 3. The molecule has 0 radical (unpaired) electrons. The van der Waals surface area contributed by atoms with Crippen LogP contribution in [0, 0.1) is 0 Å². The maximum Gasteiger partial charge on any atom is 0.225 e. The summed E-state index contributed by atoms with van der Waals surface area (Å²) in [4.78, 5) is 22.7. The van der Waals surface area contributed by atoms with Gasteiger partial charge in [0, 0.05) is 57.2 Å². The highest BCUT2D eigenvalue weighted by atomic mass is 16.1. The third kappa shape index (κ3) is 4.34. The summed E-state index contributed by atoms with van der Waals surface area (Å²) in [5, 5.41) is 6.29. The second-order valence-corrected chi connectivity index (χ2v) is 5.58. The molecule has 1 aliphatic rings. The predicted molar refractivity (Wildman–Crippen MR) is 88.9 cm³/mol.